The van der Waals surface area contributed by atoms with Gasteiger partial charge in [0.05, 0.1) is 0 Å². The van der Waals surface area contributed by atoms with Crippen LogP contribution in [0.5, 0.6) is 0 Å². The number of nitriles is 1. The highest BCUT2D eigenvalue weighted by atomic mass is 32.2. The lowest BCUT2D eigenvalue weighted by Crippen LogP contribution is -2.36. The zero-order chi connectivity index (χ0) is 28.6. The van der Waals surface area contributed by atoms with Crippen LogP contribution in [-0.2, 0) is 16.6 Å². The standard InChI is InChI=1S/C28H33F3N6O2S/c1-3-37-26(39)24(40-27(37)21(13-32)25(38)34-16-28(29,30)31)14-33-18-4-7-23-20(12-18)22(15-35(23)2)17-8-10-36(11-9-17)19-5-6-19/h4,7,12,15,17,19,24,33H,3,5-6,8-11,14,16H2,1-2H3,(H,34,38)/b27-21+. The summed E-state index contributed by atoms with van der Waals surface area (Å²) in [6, 6.07) is 8.62. The first-order chi connectivity index (χ1) is 19.1. The second kappa shape index (κ2) is 11.4. The summed E-state index contributed by atoms with van der Waals surface area (Å²) in [4.78, 5) is 29.3. The normalized spacial score (nSPS) is 22.1. The second-order valence-electron chi connectivity index (χ2n) is 10.6. The minimum atomic E-state index is -4.61. The number of thioether (sulfide) groups is 1. The molecule has 5 rings (SSSR count). The number of rotatable bonds is 8. The molecule has 1 aromatic heterocycles. The molecule has 2 saturated heterocycles. The molecule has 40 heavy (non-hydrogen) atoms. The SMILES string of the molecule is CCN1C(=O)C(CNc2ccc3c(c2)c(C2CCN(C4CC4)CC2)cn3C)S/C1=C(\C#N)C(=O)NCC(F)(F)F. The van der Waals surface area contributed by atoms with Gasteiger partial charge >= 0.3 is 6.18 Å². The summed E-state index contributed by atoms with van der Waals surface area (Å²) in [5, 5.41) is 15.2. The molecule has 12 heteroatoms. The van der Waals surface area contributed by atoms with Crippen molar-refractivity contribution < 1.29 is 22.8 Å². The Morgan fingerprint density at radius 1 is 1.20 bits per heavy atom. The molecule has 1 unspecified atom stereocenters. The highest BCUT2D eigenvalue weighted by Gasteiger charge is 2.39. The zero-order valence-corrected chi connectivity index (χ0v) is 23.4. The van der Waals surface area contributed by atoms with Gasteiger partial charge in [0, 0.05) is 49.0 Å². The minimum absolute atomic E-state index is 0.0832. The molecule has 0 radical (unpaired) electrons. The van der Waals surface area contributed by atoms with Crippen molar-refractivity contribution in [1.82, 2.24) is 19.7 Å². The number of aryl methyl sites for hydroxylation is 1. The fourth-order valence-electron chi connectivity index (χ4n) is 5.69. The van der Waals surface area contributed by atoms with Gasteiger partial charge in [-0.05, 0) is 75.4 Å². The molecule has 8 nitrogen and oxygen atoms in total. The molecule has 2 amide bonds. The van der Waals surface area contributed by atoms with Crippen molar-refractivity contribution in [1.29, 1.82) is 5.26 Å². The third-order valence-electron chi connectivity index (χ3n) is 7.90. The van der Waals surface area contributed by atoms with Crippen molar-refractivity contribution in [3.05, 3.63) is 40.6 Å². The number of hydrogen-bond acceptors (Lipinski definition) is 6. The first-order valence-electron chi connectivity index (χ1n) is 13.6. The zero-order valence-electron chi connectivity index (χ0n) is 22.6. The number of benzene rings is 1. The quantitative estimate of drug-likeness (QED) is 0.361. The Kier molecular flexibility index (Phi) is 8.06. The van der Waals surface area contributed by atoms with Crippen LogP contribution in [0.4, 0.5) is 18.9 Å². The van der Waals surface area contributed by atoms with Crippen LogP contribution in [0.15, 0.2) is 35.0 Å². The maximum absolute atomic E-state index is 13.1. The molecule has 0 spiro atoms. The molecular formula is C28H33F3N6O2S. The molecule has 1 aromatic carbocycles. The van der Waals surface area contributed by atoms with Gasteiger partial charge in [0.25, 0.3) is 5.91 Å². The number of fused-ring (bicyclic) bond motifs is 1. The van der Waals surface area contributed by atoms with Crippen molar-refractivity contribution in [2.75, 3.05) is 38.0 Å². The molecule has 214 valence electrons. The fraction of sp³-hybridized carbons (Fsp3) is 0.536. The van der Waals surface area contributed by atoms with Gasteiger partial charge in [-0.3, -0.25) is 9.59 Å². The summed E-state index contributed by atoms with van der Waals surface area (Å²) in [6.45, 7) is 2.83. The molecule has 2 N–H and O–H groups in total. The van der Waals surface area contributed by atoms with Crippen molar-refractivity contribution in [3.63, 3.8) is 0 Å². The summed E-state index contributed by atoms with van der Waals surface area (Å²) >= 11 is 1.03. The van der Waals surface area contributed by atoms with E-state index in [9.17, 15) is 28.0 Å². The Morgan fingerprint density at radius 2 is 1.93 bits per heavy atom. The van der Waals surface area contributed by atoms with E-state index in [4.69, 9.17) is 0 Å². The summed E-state index contributed by atoms with van der Waals surface area (Å²) in [5.41, 5.74) is 2.85. The van der Waals surface area contributed by atoms with Gasteiger partial charge in [0.15, 0.2) is 0 Å². The van der Waals surface area contributed by atoms with Crippen LogP contribution < -0.4 is 10.6 Å². The van der Waals surface area contributed by atoms with Gasteiger partial charge in [-0.25, -0.2) is 0 Å². The number of hydrogen-bond donors (Lipinski definition) is 2. The Balaban J connectivity index is 1.29. The Bertz CT molecular complexity index is 1370. The lowest BCUT2D eigenvalue weighted by Gasteiger charge is -2.32. The minimum Gasteiger partial charge on any atom is -0.383 e. The molecule has 0 bridgehead atoms. The van der Waals surface area contributed by atoms with Gasteiger partial charge in [0.1, 0.15) is 28.5 Å². The molecule has 3 aliphatic rings. The van der Waals surface area contributed by atoms with Gasteiger partial charge in [0.2, 0.25) is 5.91 Å². The monoisotopic (exact) mass is 574 g/mol. The van der Waals surface area contributed by atoms with Gasteiger partial charge in [-0.2, -0.15) is 18.4 Å². The average Bonchev–Trinajstić information content (AvgIpc) is 3.67. The van der Waals surface area contributed by atoms with E-state index >= 15 is 0 Å². The third kappa shape index (κ3) is 5.95. The Hall–Kier alpha value is -3.17. The van der Waals surface area contributed by atoms with Crippen LogP contribution in [0.1, 0.15) is 44.1 Å². The van der Waals surface area contributed by atoms with Crippen molar-refractivity contribution in [3.8, 4) is 6.07 Å². The van der Waals surface area contributed by atoms with E-state index in [1.807, 2.05) is 6.07 Å². The first-order valence-corrected chi connectivity index (χ1v) is 14.5. The van der Waals surface area contributed by atoms with E-state index in [1.54, 1.807) is 18.3 Å². The smallest absolute Gasteiger partial charge is 0.383 e. The van der Waals surface area contributed by atoms with Crippen LogP contribution in [0, 0.1) is 11.3 Å². The highest BCUT2D eigenvalue weighted by molar-refractivity contribution is 8.04. The van der Waals surface area contributed by atoms with E-state index in [1.165, 1.54) is 28.7 Å². The average molecular weight is 575 g/mol. The third-order valence-corrected chi connectivity index (χ3v) is 9.20. The van der Waals surface area contributed by atoms with Crippen LogP contribution in [0.3, 0.4) is 0 Å². The predicted octanol–water partition coefficient (Wildman–Crippen LogP) is 4.31. The molecule has 1 aliphatic carbocycles. The Morgan fingerprint density at radius 3 is 2.55 bits per heavy atom. The number of anilines is 1. The van der Waals surface area contributed by atoms with Crippen LogP contribution in [-0.4, -0.2) is 76.4 Å². The number of likely N-dealkylation sites (tertiary alicyclic amines) is 1. The largest absolute Gasteiger partial charge is 0.405 e. The molecule has 3 heterocycles. The van der Waals surface area contributed by atoms with E-state index in [-0.39, 0.29) is 24.0 Å². The molecule has 2 aliphatic heterocycles. The topological polar surface area (TPSA) is 93.4 Å². The van der Waals surface area contributed by atoms with Gasteiger partial charge in [-0.1, -0.05) is 11.8 Å². The number of nitrogens with one attached hydrogen (secondary N) is 2. The van der Waals surface area contributed by atoms with E-state index < -0.39 is 29.5 Å². The second-order valence-corrected chi connectivity index (χ2v) is 11.8. The van der Waals surface area contributed by atoms with Crippen LogP contribution in [0.2, 0.25) is 0 Å². The highest BCUT2D eigenvalue weighted by Crippen LogP contribution is 2.39. The molecule has 3 fully saturated rings. The number of aromatic nitrogens is 1. The Labute approximate surface area is 235 Å². The summed E-state index contributed by atoms with van der Waals surface area (Å²) < 4.78 is 39.9. The molecule has 1 saturated carbocycles. The maximum atomic E-state index is 13.1. The van der Waals surface area contributed by atoms with Crippen LogP contribution in [0.25, 0.3) is 10.9 Å². The van der Waals surface area contributed by atoms with Gasteiger partial charge < -0.3 is 25.0 Å². The summed E-state index contributed by atoms with van der Waals surface area (Å²) in [7, 11) is 2.05. The number of amides is 2. The first kappa shape index (κ1) is 28.4. The number of alkyl halides is 3. The number of carbonyl (C=O) groups is 2. The van der Waals surface area contributed by atoms with Crippen molar-refractivity contribution in [2.24, 2.45) is 7.05 Å². The van der Waals surface area contributed by atoms with E-state index in [0.717, 1.165) is 54.9 Å². The summed E-state index contributed by atoms with van der Waals surface area (Å²) in [6.07, 6.45) is 2.55. The number of nitrogens with zero attached hydrogens (tertiary/aromatic N) is 4. The van der Waals surface area contributed by atoms with Crippen LogP contribution >= 0.6 is 11.8 Å². The van der Waals surface area contributed by atoms with Crippen molar-refractivity contribution >= 4 is 40.2 Å². The number of piperidine rings is 1. The lowest BCUT2D eigenvalue weighted by molar-refractivity contribution is -0.136. The number of carbonyl (C=O) groups excluding carboxylic acids is 2. The predicted molar refractivity (Wildman–Crippen MR) is 148 cm³/mol. The fourth-order valence-corrected chi connectivity index (χ4v) is 6.96. The molecular weight excluding hydrogens is 541 g/mol. The van der Waals surface area contributed by atoms with E-state index in [0.29, 0.717) is 5.92 Å². The summed E-state index contributed by atoms with van der Waals surface area (Å²) in [5.74, 6) is -0.943. The number of halogens is 3. The van der Waals surface area contributed by atoms with Crippen molar-refractivity contribution in [2.45, 2.75) is 56.0 Å². The lowest BCUT2D eigenvalue weighted by atomic mass is 9.89. The van der Waals surface area contributed by atoms with E-state index in [2.05, 4.69) is 40.2 Å². The van der Waals surface area contributed by atoms with Gasteiger partial charge in [-0.15, -0.1) is 0 Å². The molecule has 2 aromatic rings. The molecule has 1 atom stereocenters. The maximum Gasteiger partial charge on any atom is 0.405 e.